The lowest BCUT2D eigenvalue weighted by Gasteiger charge is -2.01. The molecule has 2 aromatic rings. The molecule has 17 heavy (non-hydrogen) atoms. The molecule has 0 aliphatic heterocycles. The molecule has 0 saturated heterocycles. The van der Waals surface area contributed by atoms with E-state index < -0.39 is 0 Å². The van der Waals surface area contributed by atoms with Crippen LogP contribution >= 0.6 is 24.0 Å². The summed E-state index contributed by atoms with van der Waals surface area (Å²) in [7, 11) is 0. The van der Waals surface area contributed by atoms with E-state index in [0.717, 1.165) is 12.2 Å². The highest BCUT2D eigenvalue weighted by Crippen LogP contribution is 2.27. The number of aromatic nitrogens is 1. The molecule has 0 bridgehead atoms. The second-order valence-electron chi connectivity index (χ2n) is 4.39. The molecule has 2 rings (SSSR count). The second kappa shape index (κ2) is 5.69. The summed E-state index contributed by atoms with van der Waals surface area (Å²) in [6.45, 7) is 4.38. The molecule has 0 aliphatic carbocycles. The Kier molecular flexibility index (Phi) is 4.24. The van der Waals surface area contributed by atoms with Gasteiger partial charge in [-0.3, -0.25) is 0 Å². The number of benzene rings is 1. The minimum atomic E-state index is 0.484. The van der Waals surface area contributed by atoms with Crippen molar-refractivity contribution in [3.8, 4) is 0 Å². The Morgan fingerprint density at radius 3 is 2.47 bits per heavy atom. The second-order valence-corrected chi connectivity index (χ2v) is 5.88. The normalized spacial score (nSPS) is 11.1. The van der Waals surface area contributed by atoms with Gasteiger partial charge in [-0.05, 0) is 11.5 Å². The SMILES string of the molecule is CC(C)c1nc(Cc2ccccc2)sc1CS. The topological polar surface area (TPSA) is 12.9 Å². The molecule has 0 aliphatic rings. The van der Waals surface area contributed by atoms with E-state index in [1.54, 1.807) is 11.3 Å². The first kappa shape index (κ1) is 12.7. The summed E-state index contributed by atoms with van der Waals surface area (Å²) in [6.07, 6.45) is 0.930. The van der Waals surface area contributed by atoms with Crippen LogP contribution in [0, 0.1) is 0 Å². The fourth-order valence-electron chi connectivity index (χ4n) is 1.82. The van der Waals surface area contributed by atoms with Gasteiger partial charge in [0.1, 0.15) is 0 Å². The lowest BCUT2D eigenvalue weighted by Crippen LogP contribution is -1.93. The van der Waals surface area contributed by atoms with Crippen molar-refractivity contribution in [3.05, 3.63) is 51.5 Å². The van der Waals surface area contributed by atoms with Crippen LogP contribution in [0.2, 0.25) is 0 Å². The molecule has 0 atom stereocenters. The van der Waals surface area contributed by atoms with Crippen molar-refractivity contribution in [1.29, 1.82) is 0 Å². The van der Waals surface area contributed by atoms with Gasteiger partial charge in [-0.25, -0.2) is 4.98 Å². The van der Waals surface area contributed by atoms with Crippen molar-refractivity contribution in [2.75, 3.05) is 0 Å². The fraction of sp³-hybridized carbons (Fsp3) is 0.357. The summed E-state index contributed by atoms with van der Waals surface area (Å²) in [4.78, 5) is 6.06. The highest BCUT2D eigenvalue weighted by Gasteiger charge is 2.13. The molecule has 0 radical (unpaired) electrons. The number of hydrogen-bond donors (Lipinski definition) is 1. The Morgan fingerprint density at radius 2 is 1.94 bits per heavy atom. The van der Waals surface area contributed by atoms with Crippen molar-refractivity contribution in [2.45, 2.75) is 31.9 Å². The van der Waals surface area contributed by atoms with Gasteiger partial charge in [0.15, 0.2) is 0 Å². The van der Waals surface area contributed by atoms with Crippen molar-refractivity contribution in [2.24, 2.45) is 0 Å². The monoisotopic (exact) mass is 263 g/mol. The van der Waals surface area contributed by atoms with E-state index >= 15 is 0 Å². The van der Waals surface area contributed by atoms with E-state index in [0.29, 0.717) is 5.92 Å². The van der Waals surface area contributed by atoms with Crippen LogP contribution in [0.3, 0.4) is 0 Å². The molecule has 0 saturated carbocycles. The summed E-state index contributed by atoms with van der Waals surface area (Å²) < 4.78 is 0. The zero-order valence-corrected chi connectivity index (χ0v) is 11.9. The van der Waals surface area contributed by atoms with Gasteiger partial charge in [-0.1, -0.05) is 44.2 Å². The highest BCUT2D eigenvalue weighted by atomic mass is 32.1. The Morgan fingerprint density at radius 1 is 1.24 bits per heavy atom. The van der Waals surface area contributed by atoms with E-state index in [1.165, 1.54) is 21.1 Å². The molecule has 0 spiro atoms. The lowest BCUT2D eigenvalue weighted by molar-refractivity contribution is 0.816. The van der Waals surface area contributed by atoms with Gasteiger partial charge in [0.05, 0.1) is 10.7 Å². The maximum atomic E-state index is 4.75. The van der Waals surface area contributed by atoms with Crippen LogP contribution in [0.25, 0.3) is 0 Å². The van der Waals surface area contributed by atoms with Gasteiger partial charge in [-0.15, -0.1) is 11.3 Å². The molecular weight excluding hydrogens is 246 g/mol. The van der Waals surface area contributed by atoms with E-state index in [2.05, 4.69) is 50.7 Å². The van der Waals surface area contributed by atoms with Crippen molar-refractivity contribution in [1.82, 2.24) is 4.98 Å². The third-order valence-corrected chi connectivity index (χ3v) is 4.26. The molecule has 0 unspecified atom stereocenters. The van der Waals surface area contributed by atoms with Crippen LogP contribution in [0.4, 0.5) is 0 Å². The number of hydrogen-bond acceptors (Lipinski definition) is 3. The first-order valence-electron chi connectivity index (χ1n) is 5.84. The molecule has 1 nitrogen and oxygen atoms in total. The van der Waals surface area contributed by atoms with Gasteiger partial charge in [0.2, 0.25) is 0 Å². The maximum Gasteiger partial charge on any atom is 0.0975 e. The zero-order chi connectivity index (χ0) is 12.3. The molecule has 3 heteroatoms. The zero-order valence-electron chi connectivity index (χ0n) is 10.2. The average molecular weight is 263 g/mol. The minimum Gasteiger partial charge on any atom is -0.245 e. The smallest absolute Gasteiger partial charge is 0.0975 e. The van der Waals surface area contributed by atoms with Crippen LogP contribution < -0.4 is 0 Å². The van der Waals surface area contributed by atoms with Gasteiger partial charge in [0.25, 0.3) is 0 Å². The lowest BCUT2D eigenvalue weighted by atomic mass is 10.1. The molecule has 0 amide bonds. The molecule has 0 N–H and O–H groups in total. The van der Waals surface area contributed by atoms with E-state index in [-0.39, 0.29) is 0 Å². The van der Waals surface area contributed by atoms with Crippen LogP contribution in [0.5, 0.6) is 0 Å². The third-order valence-electron chi connectivity index (χ3n) is 2.66. The molecular formula is C14H17NS2. The number of thiol groups is 1. The first-order chi connectivity index (χ1) is 8.20. The predicted molar refractivity (Wildman–Crippen MR) is 78.1 cm³/mol. The molecule has 90 valence electrons. The summed E-state index contributed by atoms with van der Waals surface area (Å²) in [6, 6.07) is 10.5. The Hall–Kier alpha value is -0.800. The Bertz CT molecular complexity index is 474. The van der Waals surface area contributed by atoms with Crippen LogP contribution in [-0.2, 0) is 12.2 Å². The van der Waals surface area contributed by atoms with Gasteiger partial charge >= 0.3 is 0 Å². The van der Waals surface area contributed by atoms with Crippen molar-refractivity contribution in [3.63, 3.8) is 0 Å². The quantitative estimate of drug-likeness (QED) is 0.812. The largest absolute Gasteiger partial charge is 0.245 e. The maximum absolute atomic E-state index is 4.75. The summed E-state index contributed by atoms with van der Waals surface area (Å²) in [5.74, 6) is 1.28. The molecule has 1 aromatic carbocycles. The highest BCUT2D eigenvalue weighted by molar-refractivity contribution is 7.79. The number of rotatable bonds is 4. The Labute approximate surface area is 112 Å². The first-order valence-corrected chi connectivity index (χ1v) is 7.29. The summed E-state index contributed by atoms with van der Waals surface area (Å²) >= 11 is 6.18. The molecule has 1 heterocycles. The molecule has 1 aromatic heterocycles. The summed E-state index contributed by atoms with van der Waals surface area (Å²) in [5.41, 5.74) is 2.54. The van der Waals surface area contributed by atoms with Crippen LogP contribution in [-0.4, -0.2) is 4.98 Å². The number of thiazole rings is 1. The van der Waals surface area contributed by atoms with Gasteiger partial charge < -0.3 is 0 Å². The van der Waals surface area contributed by atoms with Crippen LogP contribution in [0.15, 0.2) is 30.3 Å². The average Bonchev–Trinajstić information content (AvgIpc) is 2.73. The fourth-order valence-corrected chi connectivity index (χ4v) is 3.30. The van der Waals surface area contributed by atoms with Crippen molar-refractivity contribution >= 4 is 24.0 Å². The molecule has 0 fully saturated rings. The number of nitrogens with zero attached hydrogens (tertiary/aromatic N) is 1. The van der Waals surface area contributed by atoms with E-state index in [4.69, 9.17) is 4.98 Å². The van der Waals surface area contributed by atoms with E-state index in [1.807, 2.05) is 6.07 Å². The Balaban J connectivity index is 2.23. The summed E-state index contributed by atoms with van der Waals surface area (Å²) in [5, 5.41) is 1.20. The standard InChI is InChI=1S/C14H17NS2/c1-10(2)14-12(9-16)17-13(15-14)8-11-6-4-3-5-7-11/h3-7,10,16H,8-9H2,1-2H3. The van der Waals surface area contributed by atoms with Gasteiger partial charge in [-0.2, -0.15) is 12.6 Å². The van der Waals surface area contributed by atoms with Gasteiger partial charge in [0, 0.05) is 17.1 Å². The third kappa shape index (κ3) is 3.11. The van der Waals surface area contributed by atoms with E-state index in [9.17, 15) is 0 Å². The minimum absolute atomic E-state index is 0.484. The van der Waals surface area contributed by atoms with Crippen molar-refractivity contribution < 1.29 is 0 Å². The predicted octanol–water partition coefficient (Wildman–Crippen LogP) is 4.29. The van der Waals surface area contributed by atoms with Crippen LogP contribution in [0.1, 0.15) is 40.9 Å².